The fourth-order valence-electron chi connectivity index (χ4n) is 0.627. The van der Waals surface area contributed by atoms with Crippen LogP contribution in [0.4, 0.5) is 0 Å². The van der Waals surface area contributed by atoms with Gasteiger partial charge in [0.15, 0.2) is 9.84 Å². The van der Waals surface area contributed by atoms with Crippen molar-refractivity contribution in [1.82, 2.24) is 0 Å². The minimum atomic E-state index is -3.22. The Morgan fingerprint density at radius 1 is 1.33 bits per heavy atom. The maximum absolute atomic E-state index is 11.0. The largest absolute Gasteiger partial charge is 0.390 e. The molecule has 0 rings (SSSR count). The number of hydrogen-bond donors (Lipinski definition) is 1. The third-order valence-electron chi connectivity index (χ3n) is 1.54. The zero-order valence-corrected chi connectivity index (χ0v) is 10.1. The minimum absolute atomic E-state index is 0.433. The molecule has 0 spiro atoms. The van der Waals surface area contributed by atoms with Gasteiger partial charge in [0.1, 0.15) is 4.16 Å². The van der Waals surface area contributed by atoms with Crippen molar-refractivity contribution >= 4 is 25.8 Å². The molecule has 0 aromatic rings. The number of aliphatic hydroxyl groups is 1. The van der Waals surface area contributed by atoms with Crippen LogP contribution in [0.1, 0.15) is 20.8 Å². The molecule has 0 aromatic carbocycles. The zero-order valence-electron chi connectivity index (χ0n) is 7.70. The van der Waals surface area contributed by atoms with Crippen LogP contribution < -0.4 is 0 Å². The highest BCUT2D eigenvalue weighted by molar-refractivity contribution is 9.11. The standard InChI is InChI=1S/C7H15BrO3S/c1-7(2,3)5(9)6(8)12(4,10)11/h5-6,9H,1-4H3/t5-,6+/m0/s1. The molecule has 0 saturated carbocycles. The first-order valence-electron chi connectivity index (χ1n) is 3.58. The normalized spacial score (nSPS) is 18.8. The second kappa shape index (κ2) is 3.64. The highest BCUT2D eigenvalue weighted by Crippen LogP contribution is 2.27. The lowest BCUT2D eigenvalue weighted by Gasteiger charge is -2.28. The Bertz CT molecular complexity index is 240. The summed E-state index contributed by atoms with van der Waals surface area (Å²) in [5.74, 6) is 0. The Morgan fingerprint density at radius 3 is 1.75 bits per heavy atom. The molecule has 5 heteroatoms. The lowest BCUT2D eigenvalue weighted by atomic mass is 9.90. The van der Waals surface area contributed by atoms with Crippen molar-refractivity contribution in [3.05, 3.63) is 0 Å². The highest BCUT2D eigenvalue weighted by atomic mass is 79.9. The molecule has 12 heavy (non-hydrogen) atoms. The average Bonchev–Trinajstić information content (AvgIpc) is 1.80. The fraction of sp³-hybridized carbons (Fsp3) is 1.00. The van der Waals surface area contributed by atoms with Gasteiger partial charge in [0.05, 0.1) is 6.10 Å². The molecule has 0 saturated heterocycles. The third-order valence-corrected chi connectivity index (χ3v) is 5.16. The molecule has 0 radical (unpaired) electrons. The number of hydrogen-bond acceptors (Lipinski definition) is 3. The SMILES string of the molecule is CC(C)(C)[C@@H](O)[C@H](Br)S(C)(=O)=O. The molecule has 3 nitrogen and oxygen atoms in total. The van der Waals surface area contributed by atoms with Gasteiger partial charge in [-0.15, -0.1) is 0 Å². The van der Waals surface area contributed by atoms with Crippen LogP contribution in [-0.4, -0.2) is 30.0 Å². The molecule has 0 aromatic heterocycles. The van der Waals surface area contributed by atoms with Crippen LogP contribution in [0.15, 0.2) is 0 Å². The Kier molecular flexibility index (Phi) is 3.75. The zero-order chi connectivity index (χ0) is 10.2. The first kappa shape index (κ1) is 12.4. The van der Waals surface area contributed by atoms with E-state index in [-0.39, 0.29) is 0 Å². The predicted molar refractivity (Wildman–Crippen MR) is 53.0 cm³/mol. The molecule has 0 aliphatic rings. The van der Waals surface area contributed by atoms with E-state index in [4.69, 9.17) is 0 Å². The van der Waals surface area contributed by atoms with Crippen molar-refractivity contribution in [2.75, 3.05) is 6.26 Å². The molecule has 0 amide bonds. The van der Waals surface area contributed by atoms with Crippen molar-refractivity contribution in [2.24, 2.45) is 5.41 Å². The fourth-order valence-corrected chi connectivity index (χ4v) is 2.30. The number of halogens is 1. The summed E-state index contributed by atoms with van der Waals surface area (Å²) >= 11 is 2.96. The Balaban J connectivity index is 4.64. The van der Waals surface area contributed by atoms with Crippen LogP contribution >= 0.6 is 15.9 Å². The summed E-state index contributed by atoms with van der Waals surface area (Å²) in [6.45, 7) is 5.37. The number of aliphatic hydroxyl groups excluding tert-OH is 1. The second-order valence-electron chi connectivity index (χ2n) is 3.99. The third kappa shape index (κ3) is 3.41. The summed E-state index contributed by atoms with van der Waals surface area (Å²) in [5.41, 5.74) is -0.433. The van der Waals surface area contributed by atoms with Crippen molar-refractivity contribution in [1.29, 1.82) is 0 Å². The first-order valence-corrected chi connectivity index (χ1v) is 6.45. The molecule has 74 valence electrons. The lowest BCUT2D eigenvalue weighted by molar-refractivity contribution is 0.0773. The Morgan fingerprint density at radius 2 is 1.67 bits per heavy atom. The molecule has 2 atom stereocenters. The Labute approximate surface area is 82.2 Å². The molecular formula is C7H15BrO3S. The van der Waals surface area contributed by atoms with Crippen molar-refractivity contribution in [2.45, 2.75) is 31.0 Å². The van der Waals surface area contributed by atoms with E-state index >= 15 is 0 Å². The van der Waals surface area contributed by atoms with Gasteiger partial charge in [-0.25, -0.2) is 8.42 Å². The van der Waals surface area contributed by atoms with Crippen molar-refractivity contribution in [3.8, 4) is 0 Å². The summed E-state index contributed by atoms with van der Waals surface area (Å²) in [4.78, 5) is 0. The van der Waals surface area contributed by atoms with Crippen LogP contribution in [0.2, 0.25) is 0 Å². The van der Waals surface area contributed by atoms with Crippen LogP contribution in [0.5, 0.6) is 0 Å². The second-order valence-corrected chi connectivity index (χ2v) is 7.75. The van der Waals surface area contributed by atoms with Crippen LogP contribution in [0, 0.1) is 5.41 Å². The predicted octanol–water partition coefficient (Wildman–Crippen LogP) is 1.16. The molecule has 0 fully saturated rings. The van der Waals surface area contributed by atoms with Crippen LogP contribution in [0.25, 0.3) is 0 Å². The van der Waals surface area contributed by atoms with E-state index in [1.165, 1.54) is 0 Å². The first-order chi connectivity index (χ1) is 5.07. The average molecular weight is 259 g/mol. The van der Waals surface area contributed by atoms with Crippen LogP contribution in [0.3, 0.4) is 0 Å². The smallest absolute Gasteiger partial charge is 0.162 e. The maximum Gasteiger partial charge on any atom is 0.162 e. The van der Waals surface area contributed by atoms with Crippen molar-refractivity contribution in [3.63, 3.8) is 0 Å². The van der Waals surface area contributed by atoms with E-state index in [1.54, 1.807) is 20.8 Å². The molecule has 0 unspecified atom stereocenters. The summed E-state index contributed by atoms with van der Waals surface area (Å²) in [7, 11) is -3.22. The maximum atomic E-state index is 11.0. The van der Waals surface area contributed by atoms with Gasteiger partial charge in [-0.05, 0) is 5.41 Å². The van der Waals surface area contributed by atoms with Gasteiger partial charge < -0.3 is 5.11 Å². The molecule has 0 aliphatic heterocycles. The summed E-state index contributed by atoms with van der Waals surface area (Å²) in [5, 5.41) is 9.56. The van der Waals surface area contributed by atoms with Gasteiger partial charge in [0, 0.05) is 6.26 Å². The van der Waals surface area contributed by atoms with Gasteiger partial charge in [-0.3, -0.25) is 0 Å². The topological polar surface area (TPSA) is 54.4 Å². The summed E-state index contributed by atoms with van der Waals surface area (Å²) in [6, 6.07) is 0. The van der Waals surface area contributed by atoms with Gasteiger partial charge in [-0.1, -0.05) is 36.7 Å². The quantitative estimate of drug-likeness (QED) is 0.757. The molecule has 0 bridgehead atoms. The summed E-state index contributed by atoms with van der Waals surface area (Å²) in [6.07, 6.45) is 0.203. The number of alkyl halides is 1. The van der Waals surface area contributed by atoms with E-state index in [2.05, 4.69) is 15.9 Å². The number of sulfone groups is 1. The molecule has 0 aliphatic carbocycles. The monoisotopic (exact) mass is 258 g/mol. The van der Waals surface area contributed by atoms with E-state index in [9.17, 15) is 13.5 Å². The van der Waals surface area contributed by atoms with Crippen LogP contribution in [-0.2, 0) is 9.84 Å². The molecular weight excluding hydrogens is 244 g/mol. The summed E-state index contributed by atoms with van der Waals surface area (Å²) < 4.78 is 21.1. The van der Waals surface area contributed by atoms with Gasteiger partial charge in [0.2, 0.25) is 0 Å². The van der Waals surface area contributed by atoms with Gasteiger partial charge >= 0.3 is 0 Å². The molecule has 1 N–H and O–H groups in total. The van der Waals surface area contributed by atoms with E-state index in [0.29, 0.717) is 0 Å². The van der Waals surface area contributed by atoms with E-state index in [1.807, 2.05) is 0 Å². The number of rotatable bonds is 2. The molecule has 0 heterocycles. The van der Waals surface area contributed by atoms with E-state index < -0.39 is 25.5 Å². The van der Waals surface area contributed by atoms with E-state index in [0.717, 1.165) is 6.26 Å². The van der Waals surface area contributed by atoms with Crippen molar-refractivity contribution < 1.29 is 13.5 Å². The van der Waals surface area contributed by atoms with Gasteiger partial charge in [-0.2, -0.15) is 0 Å². The highest BCUT2D eigenvalue weighted by Gasteiger charge is 2.34. The van der Waals surface area contributed by atoms with Gasteiger partial charge in [0.25, 0.3) is 0 Å². The Hall–Kier alpha value is 0.390. The lowest BCUT2D eigenvalue weighted by Crippen LogP contribution is -2.38. The minimum Gasteiger partial charge on any atom is -0.390 e.